The fourth-order valence-corrected chi connectivity index (χ4v) is 3.19. The molecule has 1 aliphatic heterocycles. The van der Waals surface area contributed by atoms with Gasteiger partial charge in [0.1, 0.15) is 0 Å². The van der Waals surface area contributed by atoms with Crippen LogP contribution in [0.2, 0.25) is 0 Å². The molecular weight excluding hydrogens is 296 g/mol. The van der Waals surface area contributed by atoms with Crippen LogP contribution in [0.4, 0.5) is 0 Å². The van der Waals surface area contributed by atoms with Crippen molar-refractivity contribution in [1.29, 1.82) is 0 Å². The number of hydrogen-bond acceptors (Lipinski definition) is 4. The zero-order valence-electron chi connectivity index (χ0n) is 14.6. The predicted molar refractivity (Wildman–Crippen MR) is 98.1 cm³/mol. The van der Waals surface area contributed by atoms with Gasteiger partial charge < -0.3 is 20.3 Å². The molecule has 0 amide bonds. The number of hydrogen-bond donors (Lipinski definition) is 2. The first-order valence-corrected chi connectivity index (χ1v) is 9.87. The molecule has 2 N–H and O–H groups in total. The van der Waals surface area contributed by atoms with Gasteiger partial charge in [-0.15, -0.1) is 0 Å². The summed E-state index contributed by atoms with van der Waals surface area (Å²) in [5, 5.41) is 6.99. The van der Waals surface area contributed by atoms with Gasteiger partial charge in [0, 0.05) is 53.0 Å². The number of thioether (sulfide) groups is 1. The number of guanidine groups is 1. The van der Waals surface area contributed by atoms with Crippen molar-refractivity contribution >= 4 is 17.7 Å². The molecule has 22 heavy (non-hydrogen) atoms. The van der Waals surface area contributed by atoms with Crippen molar-refractivity contribution in [3.8, 4) is 0 Å². The van der Waals surface area contributed by atoms with E-state index in [9.17, 15) is 0 Å². The van der Waals surface area contributed by atoms with Crippen molar-refractivity contribution < 1.29 is 4.74 Å². The molecule has 0 aliphatic carbocycles. The zero-order chi connectivity index (χ0) is 16.0. The zero-order valence-corrected chi connectivity index (χ0v) is 15.4. The maximum absolute atomic E-state index is 5.12. The van der Waals surface area contributed by atoms with E-state index in [-0.39, 0.29) is 0 Å². The normalized spacial score (nSPS) is 17.7. The fraction of sp³-hybridized carbons (Fsp3) is 0.938. The molecule has 0 atom stereocenters. The number of ether oxygens (including phenoxy) is 1. The number of aliphatic imine (C=N–C) groups is 1. The fourth-order valence-electron chi connectivity index (χ4n) is 2.70. The molecule has 0 aromatic carbocycles. The minimum absolute atomic E-state index is 0.552. The molecule has 1 fully saturated rings. The van der Waals surface area contributed by atoms with E-state index >= 15 is 0 Å². The number of methoxy groups -OCH3 is 1. The third-order valence-corrected chi connectivity index (χ3v) is 4.74. The van der Waals surface area contributed by atoms with Gasteiger partial charge in [-0.2, -0.15) is 11.8 Å². The maximum atomic E-state index is 5.12. The molecule has 1 heterocycles. The average molecular weight is 331 g/mol. The van der Waals surface area contributed by atoms with E-state index in [2.05, 4.69) is 26.8 Å². The summed E-state index contributed by atoms with van der Waals surface area (Å²) >= 11 is 1.92. The van der Waals surface area contributed by atoms with Gasteiger partial charge in [0.25, 0.3) is 0 Å². The molecule has 0 bridgehead atoms. The maximum Gasteiger partial charge on any atom is 0.191 e. The standard InChI is InChI=1S/C16H34N4OS/c1-17-16(18-9-4-5-14-22-3)19-15-7-11-20(12-8-15)10-6-13-21-2/h15H,4-14H2,1-3H3,(H2,17,18,19). The Hall–Kier alpha value is -0.460. The molecule has 0 radical (unpaired) electrons. The summed E-state index contributed by atoms with van der Waals surface area (Å²) < 4.78 is 5.12. The van der Waals surface area contributed by atoms with Gasteiger partial charge in [-0.1, -0.05) is 0 Å². The summed E-state index contributed by atoms with van der Waals surface area (Å²) in [5.74, 6) is 2.21. The number of unbranched alkanes of at least 4 members (excludes halogenated alkanes) is 1. The van der Waals surface area contributed by atoms with E-state index in [1.165, 1.54) is 44.5 Å². The highest BCUT2D eigenvalue weighted by Gasteiger charge is 2.19. The lowest BCUT2D eigenvalue weighted by Crippen LogP contribution is -2.49. The number of likely N-dealkylation sites (tertiary alicyclic amines) is 1. The van der Waals surface area contributed by atoms with Gasteiger partial charge in [0.2, 0.25) is 0 Å². The largest absolute Gasteiger partial charge is 0.385 e. The Labute approximate surface area is 140 Å². The Morgan fingerprint density at radius 2 is 2.05 bits per heavy atom. The molecule has 6 heteroatoms. The molecule has 1 rings (SSSR count). The summed E-state index contributed by atoms with van der Waals surface area (Å²) in [6.07, 6.45) is 8.16. The average Bonchev–Trinajstić information content (AvgIpc) is 2.55. The van der Waals surface area contributed by atoms with Crippen LogP contribution in [0.5, 0.6) is 0 Å². The Kier molecular flexibility index (Phi) is 11.6. The number of piperidine rings is 1. The van der Waals surface area contributed by atoms with Gasteiger partial charge in [0.15, 0.2) is 5.96 Å². The predicted octanol–water partition coefficient (Wildman–Crippen LogP) is 1.80. The van der Waals surface area contributed by atoms with Gasteiger partial charge in [-0.05, 0) is 44.1 Å². The van der Waals surface area contributed by atoms with Crippen LogP contribution in [0.1, 0.15) is 32.1 Å². The smallest absolute Gasteiger partial charge is 0.191 e. The van der Waals surface area contributed by atoms with E-state index < -0.39 is 0 Å². The van der Waals surface area contributed by atoms with Crippen LogP contribution >= 0.6 is 11.8 Å². The lowest BCUT2D eigenvalue weighted by molar-refractivity contribution is 0.155. The summed E-state index contributed by atoms with van der Waals surface area (Å²) in [4.78, 5) is 6.88. The van der Waals surface area contributed by atoms with Gasteiger partial charge in [-0.3, -0.25) is 4.99 Å². The molecular formula is C16H34N4OS. The second-order valence-corrected chi connectivity index (χ2v) is 6.79. The molecule has 0 aromatic rings. The van der Waals surface area contributed by atoms with Crippen molar-refractivity contribution in [2.45, 2.75) is 38.1 Å². The first-order chi connectivity index (χ1) is 10.8. The van der Waals surface area contributed by atoms with Gasteiger partial charge in [-0.25, -0.2) is 0 Å². The van der Waals surface area contributed by atoms with E-state index in [0.717, 1.165) is 32.1 Å². The van der Waals surface area contributed by atoms with E-state index in [4.69, 9.17) is 4.74 Å². The van der Waals surface area contributed by atoms with Crippen LogP contribution in [0.25, 0.3) is 0 Å². The van der Waals surface area contributed by atoms with E-state index in [0.29, 0.717) is 6.04 Å². The summed E-state index contributed by atoms with van der Waals surface area (Å²) in [5.41, 5.74) is 0. The van der Waals surface area contributed by atoms with E-state index in [1.807, 2.05) is 18.8 Å². The van der Waals surface area contributed by atoms with Crippen LogP contribution in [-0.4, -0.2) is 75.9 Å². The quantitative estimate of drug-likeness (QED) is 0.363. The van der Waals surface area contributed by atoms with Crippen molar-refractivity contribution in [2.24, 2.45) is 4.99 Å². The third-order valence-electron chi connectivity index (χ3n) is 4.04. The molecule has 0 spiro atoms. The lowest BCUT2D eigenvalue weighted by atomic mass is 10.1. The molecule has 5 nitrogen and oxygen atoms in total. The second-order valence-electron chi connectivity index (χ2n) is 5.81. The van der Waals surface area contributed by atoms with Crippen LogP contribution < -0.4 is 10.6 Å². The number of nitrogens with one attached hydrogen (secondary N) is 2. The van der Waals surface area contributed by atoms with Crippen molar-refractivity contribution in [2.75, 3.05) is 59.0 Å². The van der Waals surface area contributed by atoms with Crippen LogP contribution in [0.15, 0.2) is 4.99 Å². The van der Waals surface area contributed by atoms with Crippen LogP contribution in [0, 0.1) is 0 Å². The van der Waals surface area contributed by atoms with Crippen LogP contribution in [-0.2, 0) is 4.74 Å². The first-order valence-electron chi connectivity index (χ1n) is 8.47. The Balaban J connectivity index is 2.12. The Bertz CT molecular complexity index is 294. The highest BCUT2D eigenvalue weighted by molar-refractivity contribution is 7.98. The topological polar surface area (TPSA) is 48.9 Å². The molecule has 1 saturated heterocycles. The van der Waals surface area contributed by atoms with Crippen molar-refractivity contribution in [3.05, 3.63) is 0 Å². The Morgan fingerprint density at radius 3 is 2.68 bits per heavy atom. The highest BCUT2D eigenvalue weighted by Crippen LogP contribution is 2.10. The second kappa shape index (κ2) is 13.0. The highest BCUT2D eigenvalue weighted by atomic mass is 32.2. The molecule has 130 valence electrons. The number of nitrogens with zero attached hydrogens (tertiary/aromatic N) is 2. The van der Waals surface area contributed by atoms with Crippen molar-refractivity contribution in [3.63, 3.8) is 0 Å². The third kappa shape index (κ3) is 8.86. The molecule has 1 aliphatic rings. The lowest BCUT2D eigenvalue weighted by Gasteiger charge is -2.33. The number of rotatable bonds is 10. The molecule has 0 unspecified atom stereocenters. The van der Waals surface area contributed by atoms with Gasteiger partial charge in [0.05, 0.1) is 0 Å². The van der Waals surface area contributed by atoms with Crippen LogP contribution in [0.3, 0.4) is 0 Å². The van der Waals surface area contributed by atoms with Crippen molar-refractivity contribution in [1.82, 2.24) is 15.5 Å². The summed E-state index contributed by atoms with van der Waals surface area (Å²) in [6, 6.07) is 0.552. The minimum atomic E-state index is 0.552. The SMILES string of the molecule is CN=C(NCCCCSC)NC1CCN(CCCOC)CC1. The molecule has 0 saturated carbocycles. The molecule has 0 aromatic heterocycles. The Morgan fingerprint density at radius 1 is 1.27 bits per heavy atom. The minimum Gasteiger partial charge on any atom is -0.385 e. The monoisotopic (exact) mass is 330 g/mol. The summed E-state index contributed by atoms with van der Waals surface area (Å²) in [7, 11) is 3.63. The summed E-state index contributed by atoms with van der Waals surface area (Å²) in [6.45, 7) is 5.38. The van der Waals surface area contributed by atoms with Gasteiger partial charge >= 0.3 is 0 Å². The van der Waals surface area contributed by atoms with E-state index in [1.54, 1.807) is 7.11 Å². The first kappa shape index (κ1) is 19.6.